The molecule has 0 aliphatic heterocycles. The van der Waals surface area contributed by atoms with E-state index in [-0.39, 0.29) is 11.8 Å². The van der Waals surface area contributed by atoms with Gasteiger partial charge >= 0.3 is 0 Å². The molecule has 2 N–H and O–H groups in total. The third-order valence-electron chi connectivity index (χ3n) is 14.7. The van der Waals surface area contributed by atoms with Gasteiger partial charge in [-0.15, -0.1) is 0 Å². The number of methoxy groups -OCH3 is 2. The number of imidazole rings is 2. The van der Waals surface area contributed by atoms with Gasteiger partial charge in [0.1, 0.15) is 42.0 Å². The summed E-state index contributed by atoms with van der Waals surface area (Å²) < 4.78 is 65.6. The molecule has 0 fully saturated rings. The summed E-state index contributed by atoms with van der Waals surface area (Å²) >= 11 is -2.60. The Balaban J connectivity index is 0.730. The zero-order chi connectivity index (χ0) is 62.2. The Hall–Kier alpha value is -8.10. The Labute approximate surface area is 523 Å². The van der Waals surface area contributed by atoms with Crippen LogP contribution in [0.4, 0.5) is 11.4 Å². The van der Waals surface area contributed by atoms with Crippen LogP contribution in [0, 0.1) is 13.8 Å². The molecule has 6 aromatic carbocycles. The second-order valence-corrected chi connectivity index (χ2v) is 23.6. The number of anilines is 2. The molecular formula is C70H80N6O10S2. The molecule has 0 aliphatic carbocycles. The van der Waals surface area contributed by atoms with Gasteiger partial charge in [0.2, 0.25) is 11.8 Å². The number of nitrogens with zero attached hydrogens (tertiary/aromatic N) is 4. The smallest absolute Gasteiger partial charge is 0.248 e. The first-order valence-corrected chi connectivity index (χ1v) is 32.5. The van der Waals surface area contributed by atoms with E-state index in [1.54, 1.807) is 81.2 Å². The number of ether oxygens (including phenoxy) is 6. The topological polar surface area (TPSA) is 195 Å². The molecule has 2 atom stereocenters. The Morgan fingerprint density at radius 1 is 0.545 bits per heavy atom. The predicted molar refractivity (Wildman–Crippen MR) is 351 cm³/mol. The summed E-state index contributed by atoms with van der Waals surface area (Å²) in [6, 6.07) is 41.6. The zero-order valence-corrected chi connectivity index (χ0v) is 53.0. The number of nitrogens with one attached hydrogen (secondary N) is 2. The Morgan fingerprint density at radius 2 is 1.02 bits per heavy atom. The highest BCUT2D eigenvalue weighted by molar-refractivity contribution is 7.91. The molecule has 2 aromatic heterocycles. The molecule has 2 amide bonds. The predicted octanol–water partition coefficient (Wildman–Crippen LogP) is 13.6. The number of unbranched alkanes of at least 4 members (excludes halogenated alkanes) is 2. The quantitative estimate of drug-likeness (QED) is 0.0220. The molecule has 8 rings (SSSR count). The molecule has 0 saturated heterocycles. The van der Waals surface area contributed by atoms with Gasteiger partial charge < -0.3 is 57.3 Å². The number of rotatable bonds is 34. The zero-order valence-electron chi connectivity index (χ0n) is 51.4. The number of hydrogen-bond donors (Lipinski definition) is 2. The highest BCUT2D eigenvalue weighted by Crippen LogP contribution is 2.32. The van der Waals surface area contributed by atoms with Crippen molar-refractivity contribution >= 4 is 57.7 Å². The average molecular weight is 1230 g/mol. The second-order valence-electron chi connectivity index (χ2n) is 20.7. The van der Waals surface area contributed by atoms with Crippen molar-refractivity contribution in [1.82, 2.24) is 19.1 Å². The number of carbonyl (C=O) groups is 2. The molecule has 0 spiro atoms. The number of aryl methyl sites for hydroxylation is 4. The molecular weight excluding hydrogens is 1150 g/mol. The third-order valence-corrected chi connectivity index (χ3v) is 17.4. The van der Waals surface area contributed by atoms with Crippen molar-refractivity contribution in [1.29, 1.82) is 0 Å². The fourth-order valence-corrected chi connectivity index (χ4v) is 12.3. The van der Waals surface area contributed by atoms with Gasteiger partial charge in [-0.05, 0) is 201 Å². The summed E-state index contributed by atoms with van der Waals surface area (Å²) in [5, 5.41) is 5.80. The number of carbonyl (C=O) groups excluding carboxylic acids is 2. The third kappa shape index (κ3) is 19.0. The van der Waals surface area contributed by atoms with E-state index in [4.69, 9.17) is 33.4 Å². The first-order chi connectivity index (χ1) is 42.9. The van der Waals surface area contributed by atoms with Crippen LogP contribution in [-0.2, 0) is 72.4 Å². The van der Waals surface area contributed by atoms with Crippen LogP contribution in [-0.4, -0.2) is 93.9 Å². The lowest BCUT2D eigenvalue weighted by Crippen LogP contribution is -2.13. The molecule has 0 saturated carbocycles. The highest BCUT2D eigenvalue weighted by atomic mass is 32.2. The largest absolute Gasteiger partial charge is 0.611 e. The van der Waals surface area contributed by atoms with Gasteiger partial charge in [-0.1, -0.05) is 49.7 Å². The Kier molecular flexibility index (Phi) is 25.3. The monoisotopic (exact) mass is 1230 g/mol. The minimum absolute atomic E-state index is 0.309. The minimum atomic E-state index is -1.34. The van der Waals surface area contributed by atoms with E-state index < -0.39 is 22.4 Å². The Bertz CT molecular complexity index is 3570. The molecule has 16 nitrogen and oxygen atoms in total. The lowest BCUT2D eigenvalue weighted by atomic mass is 10.0. The molecule has 88 heavy (non-hydrogen) atoms. The maximum absolute atomic E-state index is 13.7. The van der Waals surface area contributed by atoms with Crippen LogP contribution < -0.4 is 29.6 Å². The van der Waals surface area contributed by atoms with E-state index in [2.05, 4.69) is 34.0 Å². The second kappa shape index (κ2) is 33.9. The first kappa shape index (κ1) is 65.9. The number of amides is 2. The average Bonchev–Trinajstić information content (AvgIpc) is 4.25. The fraction of sp³-hybridized carbons (Fsp3) is 0.314. The van der Waals surface area contributed by atoms with Crippen LogP contribution in [0.2, 0.25) is 0 Å². The van der Waals surface area contributed by atoms with Crippen molar-refractivity contribution in [3.05, 3.63) is 192 Å². The van der Waals surface area contributed by atoms with E-state index in [1.165, 1.54) is 12.2 Å². The van der Waals surface area contributed by atoms with Crippen LogP contribution in [0.25, 0.3) is 34.4 Å². The first-order valence-electron chi connectivity index (χ1n) is 29.8. The standard InChI is InChI=1S/C70H80N6O10S2/c1-8-11-39-83-41-43-85-60-27-15-52(16-28-60)54-19-35-67(82-7)57(45-54)22-38-70(78)74-59-25-33-63(34-26-59)88(80)48-65-51(5)72-68(76(65)10-3)14-12-13-40-84-42-44-86-61-29-17-53(18-30-61)55-20-36-66(81-6)56(46-55)21-37-69(77)73-58-23-31-62(32-24-58)87(79)47-64-50(4)71-49-75(64)9-2/h15-38,45-46,49H,8-14,39-44,47-48H2,1-7H3,(H,73,77)(H,74,78)/b37-21+,38-22+/t87-,88+/m0/s1. The van der Waals surface area contributed by atoms with Crippen molar-refractivity contribution < 1.29 is 47.1 Å². The molecule has 0 unspecified atom stereocenters. The van der Waals surface area contributed by atoms with Crippen LogP contribution in [0.15, 0.2) is 162 Å². The normalized spacial score (nSPS) is 12.1. The van der Waals surface area contributed by atoms with Gasteiger partial charge in [-0.3, -0.25) is 9.59 Å². The Morgan fingerprint density at radius 3 is 1.49 bits per heavy atom. The van der Waals surface area contributed by atoms with Crippen molar-refractivity contribution in [2.24, 2.45) is 0 Å². The summed E-state index contributed by atoms with van der Waals surface area (Å²) in [4.78, 5) is 36.7. The summed E-state index contributed by atoms with van der Waals surface area (Å²) in [5.41, 5.74) is 10.2. The summed E-state index contributed by atoms with van der Waals surface area (Å²) in [5.74, 6) is 3.81. The van der Waals surface area contributed by atoms with E-state index in [1.807, 2.05) is 110 Å². The molecule has 0 aliphatic rings. The van der Waals surface area contributed by atoms with Gasteiger partial charge in [0.05, 0.1) is 56.5 Å². The van der Waals surface area contributed by atoms with E-state index >= 15 is 0 Å². The van der Waals surface area contributed by atoms with Crippen LogP contribution in [0.3, 0.4) is 0 Å². The maximum Gasteiger partial charge on any atom is 0.248 e. The molecule has 8 aromatic rings. The van der Waals surface area contributed by atoms with E-state index in [0.29, 0.717) is 83.7 Å². The van der Waals surface area contributed by atoms with Crippen molar-refractivity contribution in [2.45, 2.75) is 101 Å². The fourth-order valence-electron chi connectivity index (χ4n) is 9.83. The van der Waals surface area contributed by atoms with Gasteiger partial charge in [-0.25, -0.2) is 9.97 Å². The van der Waals surface area contributed by atoms with Crippen molar-refractivity contribution in [3.8, 4) is 45.3 Å². The van der Waals surface area contributed by atoms with Crippen LogP contribution in [0.5, 0.6) is 23.0 Å². The molecule has 0 radical (unpaired) electrons. The number of benzene rings is 6. The molecule has 2 heterocycles. The molecule has 0 bridgehead atoms. The van der Waals surface area contributed by atoms with Crippen LogP contribution >= 0.6 is 0 Å². The van der Waals surface area contributed by atoms with Crippen molar-refractivity contribution in [3.63, 3.8) is 0 Å². The summed E-state index contributed by atoms with van der Waals surface area (Å²) in [6.45, 7) is 14.8. The number of hydrogen-bond acceptors (Lipinski definition) is 12. The highest BCUT2D eigenvalue weighted by Gasteiger charge is 2.22. The van der Waals surface area contributed by atoms with Gasteiger partial charge in [-0.2, -0.15) is 0 Å². The van der Waals surface area contributed by atoms with Crippen molar-refractivity contribution in [2.75, 3.05) is 64.5 Å². The van der Waals surface area contributed by atoms with Gasteiger partial charge in [0.15, 0.2) is 21.3 Å². The lowest BCUT2D eigenvalue weighted by Gasteiger charge is -2.14. The van der Waals surface area contributed by atoms with E-state index in [9.17, 15) is 18.7 Å². The summed E-state index contributed by atoms with van der Waals surface area (Å²) in [6.07, 6.45) is 12.8. The minimum Gasteiger partial charge on any atom is -0.611 e. The van der Waals surface area contributed by atoms with Gasteiger partial charge in [0, 0.05) is 67.4 Å². The lowest BCUT2D eigenvalue weighted by molar-refractivity contribution is -0.112. The van der Waals surface area contributed by atoms with Gasteiger partial charge in [0.25, 0.3) is 0 Å². The SMILES string of the molecule is CCCCOCCOc1ccc(-c2ccc(OC)c(/C=C/C(=O)Nc3ccc([S@+]([O-])Cc4c(C)nc(CCCCOCCOc5ccc(-c6ccc(OC)c(/C=C/C(=O)Nc7ccc([S@@+]([O-])Cc8c(C)ncn8CC)cc7)c6)cc5)n4CC)cc3)c2)cc1. The number of aromatic nitrogens is 4. The maximum atomic E-state index is 13.7. The van der Waals surface area contributed by atoms with E-state index in [0.717, 1.165) is 119 Å². The van der Waals surface area contributed by atoms with Crippen LogP contribution in [0.1, 0.15) is 86.2 Å². The summed E-state index contributed by atoms with van der Waals surface area (Å²) in [7, 11) is 3.20. The molecule has 462 valence electrons. The molecule has 18 heteroatoms.